The van der Waals surface area contributed by atoms with Gasteiger partial charge in [0, 0.05) is 13.1 Å². The number of anilines is 1. The van der Waals surface area contributed by atoms with E-state index >= 15 is 0 Å². The minimum absolute atomic E-state index is 0.121. The molecule has 1 aromatic rings. The molecule has 1 saturated heterocycles. The molecule has 1 aliphatic heterocycles. The maximum Gasteiger partial charge on any atom is 0.270 e. The Bertz CT molecular complexity index is 458. The van der Waals surface area contributed by atoms with Crippen molar-refractivity contribution in [2.24, 2.45) is 0 Å². The van der Waals surface area contributed by atoms with Gasteiger partial charge in [-0.3, -0.25) is 9.59 Å². The van der Waals surface area contributed by atoms with E-state index in [1.807, 2.05) is 6.92 Å². The van der Waals surface area contributed by atoms with Crippen molar-refractivity contribution in [2.45, 2.75) is 25.8 Å². The number of nitrogens with zero attached hydrogens (tertiary/aromatic N) is 1. The summed E-state index contributed by atoms with van der Waals surface area (Å²) >= 11 is 0. The average Bonchev–Trinajstić information content (AvgIpc) is 2.42. The third kappa shape index (κ3) is 3.43. The standard InChI is InChI=1S/C13H18N4O2/c1-2-14-9-5-6-10(16-8-9)13(19)17-11-4-3-7-15-12(11)18/h5-6,8,11,14H,2-4,7H2,1H3,(H,15,18)(H,17,19). The largest absolute Gasteiger partial charge is 0.384 e. The van der Waals surface area contributed by atoms with Crippen LogP contribution in [0.3, 0.4) is 0 Å². The van der Waals surface area contributed by atoms with Crippen molar-refractivity contribution in [3.63, 3.8) is 0 Å². The third-order valence-electron chi connectivity index (χ3n) is 2.97. The lowest BCUT2D eigenvalue weighted by atomic mass is 10.1. The van der Waals surface area contributed by atoms with Gasteiger partial charge in [0.25, 0.3) is 5.91 Å². The second kappa shape index (κ2) is 6.17. The predicted molar refractivity (Wildman–Crippen MR) is 71.9 cm³/mol. The molecule has 6 heteroatoms. The fourth-order valence-electron chi connectivity index (χ4n) is 1.98. The number of pyridine rings is 1. The Morgan fingerprint density at radius 3 is 3.00 bits per heavy atom. The molecule has 1 unspecified atom stereocenters. The number of hydrogen-bond acceptors (Lipinski definition) is 4. The SMILES string of the molecule is CCNc1ccc(C(=O)NC2CCCNC2=O)nc1. The van der Waals surface area contributed by atoms with Crippen LogP contribution in [0.15, 0.2) is 18.3 Å². The Kier molecular flexibility index (Phi) is 4.33. The normalized spacial score (nSPS) is 18.6. The van der Waals surface area contributed by atoms with Crippen molar-refractivity contribution in [2.75, 3.05) is 18.4 Å². The second-order valence-electron chi connectivity index (χ2n) is 4.42. The first-order valence-electron chi connectivity index (χ1n) is 6.49. The monoisotopic (exact) mass is 262 g/mol. The van der Waals surface area contributed by atoms with E-state index in [0.29, 0.717) is 18.7 Å². The Labute approximate surface area is 112 Å². The van der Waals surface area contributed by atoms with Gasteiger partial charge in [-0.1, -0.05) is 0 Å². The highest BCUT2D eigenvalue weighted by molar-refractivity contribution is 5.96. The lowest BCUT2D eigenvalue weighted by Crippen LogP contribution is -2.50. The number of nitrogens with one attached hydrogen (secondary N) is 3. The number of carbonyl (C=O) groups is 2. The molecule has 0 saturated carbocycles. The summed E-state index contributed by atoms with van der Waals surface area (Å²) in [6.07, 6.45) is 3.16. The van der Waals surface area contributed by atoms with Crippen LogP contribution in [0.4, 0.5) is 5.69 Å². The van der Waals surface area contributed by atoms with Gasteiger partial charge < -0.3 is 16.0 Å². The van der Waals surface area contributed by atoms with Crippen LogP contribution in [0.2, 0.25) is 0 Å². The first-order chi connectivity index (χ1) is 9.20. The van der Waals surface area contributed by atoms with E-state index < -0.39 is 6.04 Å². The van der Waals surface area contributed by atoms with Crippen LogP contribution in [0.1, 0.15) is 30.3 Å². The maximum atomic E-state index is 12.0. The quantitative estimate of drug-likeness (QED) is 0.739. The van der Waals surface area contributed by atoms with Gasteiger partial charge in [-0.2, -0.15) is 0 Å². The van der Waals surface area contributed by atoms with Gasteiger partial charge in [-0.05, 0) is 31.9 Å². The number of aromatic nitrogens is 1. The summed E-state index contributed by atoms with van der Waals surface area (Å²) in [5.74, 6) is -0.436. The topological polar surface area (TPSA) is 83.1 Å². The van der Waals surface area contributed by atoms with E-state index in [1.165, 1.54) is 0 Å². The van der Waals surface area contributed by atoms with Gasteiger partial charge in [-0.15, -0.1) is 0 Å². The molecule has 6 nitrogen and oxygen atoms in total. The van der Waals surface area contributed by atoms with Crippen molar-refractivity contribution in [3.8, 4) is 0 Å². The molecule has 0 spiro atoms. The van der Waals surface area contributed by atoms with Gasteiger partial charge in [-0.25, -0.2) is 4.98 Å². The first kappa shape index (κ1) is 13.3. The predicted octanol–water partition coefficient (Wildman–Crippen LogP) is 0.522. The molecule has 19 heavy (non-hydrogen) atoms. The molecular weight excluding hydrogens is 244 g/mol. The van der Waals surface area contributed by atoms with Crippen LogP contribution in [-0.4, -0.2) is 35.9 Å². The molecule has 2 rings (SSSR count). The molecule has 0 bridgehead atoms. The molecule has 2 heterocycles. The van der Waals surface area contributed by atoms with E-state index in [-0.39, 0.29) is 11.8 Å². The first-order valence-corrected chi connectivity index (χ1v) is 6.49. The molecule has 0 aromatic carbocycles. The van der Waals surface area contributed by atoms with E-state index in [9.17, 15) is 9.59 Å². The lowest BCUT2D eigenvalue weighted by Gasteiger charge is -2.22. The molecule has 102 valence electrons. The number of carbonyl (C=O) groups excluding carboxylic acids is 2. The Balaban J connectivity index is 1.97. The minimum atomic E-state index is -0.448. The molecule has 3 N–H and O–H groups in total. The molecule has 0 aliphatic carbocycles. The van der Waals surface area contributed by atoms with Crippen molar-refractivity contribution in [1.82, 2.24) is 15.6 Å². The second-order valence-corrected chi connectivity index (χ2v) is 4.42. The number of amides is 2. The van der Waals surface area contributed by atoms with Crippen LogP contribution in [0.25, 0.3) is 0 Å². The van der Waals surface area contributed by atoms with Crippen LogP contribution in [-0.2, 0) is 4.79 Å². The molecule has 1 aliphatic rings. The summed E-state index contributed by atoms with van der Waals surface area (Å²) in [6, 6.07) is 3.00. The zero-order valence-electron chi connectivity index (χ0n) is 10.9. The van der Waals surface area contributed by atoms with Gasteiger partial charge in [0.1, 0.15) is 11.7 Å². The van der Waals surface area contributed by atoms with Gasteiger partial charge >= 0.3 is 0 Å². The fourth-order valence-corrected chi connectivity index (χ4v) is 1.98. The van der Waals surface area contributed by atoms with E-state index in [2.05, 4.69) is 20.9 Å². The molecular formula is C13H18N4O2. The van der Waals surface area contributed by atoms with Crippen molar-refractivity contribution >= 4 is 17.5 Å². The summed E-state index contributed by atoms with van der Waals surface area (Å²) < 4.78 is 0. The fraction of sp³-hybridized carbons (Fsp3) is 0.462. The minimum Gasteiger partial charge on any atom is -0.384 e. The third-order valence-corrected chi connectivity index (χ3v) is 2.97. The molecule has 2 amide bonds. The summed E-state index contributed by atoms with van der Waals surface area (Å²) in [4.78, 5) is 27.6. The average molecular weight is 262 g/mol. The van der Waals surface area contributed by atoms with Crippen molar-refractivity contribution in [3.05, 3.63) is 24.0 Å². The van der Waals surface area contributed by atoms with Gasteiger partial charge in [0.15, 0.2) is 0 Å². The zero-order chi connectivity index (χ0) is 13.7. The summed E-state index contributed by atoms with van der Waals surface area (Å²) in [7, 11) is 0. The molecule has 1 atom stereocenters. The van der Waals surface area contributed by atoms with Gasteiger partial charge in [0.2, 0.25) is 5.91 Å². The van der Waals surface area contributed by atoms with E-state index in [0.717, 1.165) is 18.7 Å². The Hall–Kier alpha value is -2.11. The van der Waals surface area contributed by atoms with E-state index in [1.54, 1.807) is 18.3 Å². The highest BCUT2D eigenvalue weighted by Crippen LogP contribution is 2.07. The van der Waals surface area contributed by atoms with Crippen LogP contribution < -0.4 is 16.0 Å². The van der Waals surface area contributed by atoms with Crippen LogP contribution in [0.5, 0.6) is 0 Å². The smallest absolute Gasteiger partial charge is 0.270 e. The number of rotatable bonds is 4. The summed E-state index contributed by atoms with van der Waals surface area (Å²) in [5, 5.41) is 8.54. The van der Waals surface area contributed by atoms with E-state index in [4.69, 9.17) is 0 Å². The molecule has 1 aromatic heterocycles. The Morgan fingerprint density at radius 1 is 1.53 bits per heavy atom. The zero-order valence-corrected chi connectivity index (χ0v) is 10.9. The maximum absolute atomic E-state index is 12.0. The van der Waals surface area contributed by atoms with Crippen LogP contribution in [0, 0.1) is 0 Å². The highest BCUT2D eigenvalue weighted by atomic mass is 16.2. The van der Waals surface area contributed by atoms with Crippen LogP contribution >= 0.6 is 0 Å². The highest BCUT2D eigenvalue weighted by Gasteiger charge is 2.24. The molecule has 0 radical (unpaired) electrons. The number of hydrogen-bond donors (Lipinski definition) is 3. The number of piperidine rings is 1. The molecule has 1 fully saturated rings. The summed E-state index contributed by atoms with van der Waals surface area (Å²) in [6.45, 7) is 3.47. The Morgan fingerprint density at radius 2 is 2.37 bits per heavy atom. The van der Waals surface area contributed by atoms with Crippen molar-refractivity contribution < 1.29 is 9.59 Å². The van der Waals surface area contributed by atoms with Crippen molar-refractivity contribution in [1.29, 1.82) is 0 Å². The lowest BCUT2D eigenvalue weighted by molar-refractivity contribution is -0.124. The summed E-state index contributed by atoms with van der Waals surface area (Å²) in [5.41, 5.74) is 1.19. The van der Waals surface area contributed by atoms with Gasteiger partial charge in [0.05, 0.1) is 11.9 Å².